The number of halogens is 1. The maximum Gasteiger partial charge on any atom is 0.328 e. The lowest BCUT2D eigenvalue weighted by atomic mass is 10.2. The van der Waals surface area contributed by atoms with Crippen molar-refractivity contribution in [2.45, 2.75) is 13.0 Å². The average Bonchev–Trinajstić information content (AvgIpc) is 2.34. The van der Waals surface area contributed by atoms with Crippen LogP contribution in [0.2, 0.25) is 5.02 Å². The van der Waals surface area contributed by atoms with E-state index >= 15 is 0 Å². The first kappa shape index (κ1) is 14.5. The lowest BCUT2D eigenvalue weighted by Crippen LogP contribution is -2.16. The van der Waals surface area contributed by atoms with Crippen LogP contribution < -0.4 is 4.74 Å². The van der Waals surface area contributed by atoms with Crippen molar-refractivity contribution in [3.63, 3.8) is 0 Å². The molecule has 0 spiro atoms. The number of hydrogen-bond acceptors (Lipinski definition) is 3. The molecule has 1 atom stereocenters. The van der Waals surface area contributed by atoms with Crippen molar-refractivity contribution in [1.29, 1.82) is 0 Å². The van der Waals surface area contributed by atoms with Gasteiger partial charge in [-0.3, -0.25) is 0 Å². The fraction of sp³-hybridized carbons (Fsp3) is 0.308. The van der Waals surface area contributed by atoms with Crippen molar-refractivity contribution in [3.8, 4) is 5.75 Å². The molecule has 4 nitrogen and oxygen atoms in total. The first-order valence-electron chi connectivity index (χ1n) is 5.39. The summed E-state index contributed by atoms with van der Waals surface area (Å²) in [4.78, 5) is 10.5. The fourth-order valence-corrected chi connectivity index (χ4v) is 1.48. The van der Waals surface area contributed by atoms with E-state index in [-0.39, 0.29) is 6.10 Å². The van der Waals surface area contributed by atoms with Gasteiger partial charge in [-0.05, 0) is 19.1 Å². The molecular formula is C13H15ClO4. The van der Waals surface area contributed by atoms with Gasteiger partial charge in [0.25, 0.3) is 0 Å². The van der Waals surface area contributed by atoms with E-state index in [1.807, 2.05) is 6.92 Å². The van der Waals surface area contributed by atoms with E-state index in [1.54, 1.807) is 25.3 Å². The minimum absolute atomic E-state index is 0.0717. The SMILES string of the molecule is COC(C)COc1c(Cl)cccc1/C=C/C(=O)O. The molecule has 0 amide bonds. The van der Waals surface area contributed by atoms with Gasteiger partial charge in [-0.1, -0.05) is 23.7 Å². The number of para-hydroxylation sites is 1. The summed E-state index contributed by atoms with van der Waals surface area (Å²) in [6.07, 6.45) is 2.41. The number of benzene rings is 1. The second-order valence-electron chi connectivity index (χ2n) is 3.69. The Bertz CT molecular complexity index is 443. The Balaban J connectivity index is 2.90. The van der Waals surface area contributed by atoms with Gasteiger partial charge in [0.2, 0.25) is 0 Å². The van der Waals surface area contributed by atoms with Crippen LogP contribution in [-0.4, -0.2) is 30.9 Å². The zero-order valence-electron chi connectivity index (χ0n) is 10.2. The number of hydrogen-bond donors (Lipinski definition) is 1. The molecule has 18 heavy (non-hydrogen) atoms. The van der Waals surface area contributed by atoms with Crippen LogP contribution in [0.4, 0.5) is 0 Å². The van der Waals surface area contributed by atoms with E-state index in [0.717, 1.165) is 6.08 Å². The summed E-state index contributed by atoms with van der Waals surface area (Å²) in [5.74, 6) is -0.563. The molecule has 1 aromatic carbocycles. The summed E-state index contributed by atoms with van der Waals surface area (Å²) in [6, 6.07) is 5.15. The summed E-state index contributed by atoms with van der Waals surface area (Å²) in [5, 5.41) is 9.05. The summed E-state index contributed by atoms with van der Waals surface area (Å²) in [7, 11) is 1.59. The maximum atomic E-state index is 10.5. The summed E-state index contributed by atoms with van der Waals surface area (Å²) in [5.41, 5.74) is 0.619. The van der Waals surface area contributed by atoms with Crippen LogP contribution in [-0.2, 0) is 9.53 Å². The van der Waals surface area contributed by atoms with E-state index in [1.165, 1.54) is 6.08 Å². The molecule has 0 bridgehead atoms. The van der Waals surface area contributed by atoms with Crippen LogP contribution in [0.3, 0.4) is 0 Å². The molecule has 0 aromatic heterocycles. The standard InChI is InChI=1S/C13H15ClO4/c1-9(17-2)8-18-13-10(6-7-12(15)16)4-3-5-11(13)14/h3-7,9H,8H2,1-2H3,(H,15,16)/b7-6+. The second-order valence-corrected chi connectivity index (χ2v) is 4.09. The molecule has 0 saturated carbocycles. The fourth-order valence-electron chi connectivity index (χ4n) is 1.24. The molecule has 0 aliphatic rings. The van der Waals surface area contributed by atoms with E-state index in [2.05, 4.69) is 0 Å². The minimum atomic E-state index is -1.02. The maximum absolute atomic E-state index is 10.5. The molecular weight excluding hydrogens is 256 g/mol. The number of methoxy groups -OCH3 is 1. The highest BCUT2D eigenvalue weighted by atomic mass is 35.5. The number of aliphatic carboxylic acids is 1. The number of rotatable bonds is 6. The van der Waals surface area contributed by atoms with Gasteiger partial charge < -0.3 is 14.6 Å². The van der Waals surface area contributed by atoms with Crippen LogP contribution in [0.25, 0.3) is 6.08 Å². The predicted molar refractivity (Wildman–Crippen MR) is 70.1 cm³/mol. The molecule has 1 rings (SSSR count). The molecule has 1 aromatic rings. The van der Waals surface area contributed by atoms with Gasteiger partial charge in [-0.2, -0.15) is 0 Å². The van der Waals surface area contributed by atoms with Gasteiger partial charge in [0.15, 0.2) is 0 Å². The smallest absolute Gasteiger partial charge is 0.328 e. The van der Waals surface area contributed by atoms with Crippen molar-refractivity contribution >= 4 is 23.6 Å². The van der Waals surface area contributed by atoms with Gasteiger partial charge in [-0.15, -0.1) is 0 Å². The molecule has 98 valence electrons. The van der Waals surface area contributed by atoms with Crippen LogP contribution >= 0.6 is 11.6 Å². The summed E-state index contributed by atoms with van der Waals surface area (Å²) in [6.45, 7) is 2.21. The monoisotopic (exact) mass is 270 g/mol. The van der Waals surface area contributed by atoms with Crippen molar-refractivity contribution in [3.05, 3.63) is 34.9 Å². The molecule has 1 N–H and O–H groups in total. The van der Waals surface area contributed by atoms with E-state index in [0.29, 0.717) is 22.9 Å². The van der Waals surface area contributed by atoms with Crippen molar-refractivity contribution in [2.24, 2.45) is 0 Å². The zero-order valence-corrected chi connectivity index (χ0v) is 11.0. The zero-order chi connectivity index (χ0) is 13.5. The molecule has 0 saturated heterocycles. The largest absolute Gasteiger partial charge is 0.489 e. The summed E-state index contributed by atoms with van der Waals surface area (Å²) < 4.78 is 10.6. The Morgan fingerprint density at radius 2 is 2.28 bits per heavy atom. The van der Waals surface area contributed by atoms with Gasteiger partial charge in [0.05, 0.1) is 11.1 Å². The number of carbonyl (C=O) groups is 1. The first-order chi connectivity index (χ1) is 8.54. The van der Waals surface area contributed by atoms with Crippen LogP contribution in [0.1, 0.15) is 12.5 Å². The Hall–Kier alpha value is -1.52. The van der Waals surface area contributed by atoms with Crippen LogP contribution in [0, 0.1) is 0 Å². The quantitative estimate of drug-likeness (QED) is 0.808. The first-order valence-corrected chi connectivity index (χ1v) is 5.77. The minimum Gasteiger partial charge on any atom is -0.489 e. The van der Waals surface area contributed by atoms with Gasteiger partial charge >= 0.3 is 5.97 Å². The molecule has 5 heteroatoms. The van der Waals surface area contributed by atoms with Crippen molar-refractivity contribution in [1.82, 2.24) is 0 Å². The van der Waals surface area contributed by atoms with Gasteiger partial charge in [0.1, 0.15) is 12.4 Å². The summed E-state index contributed by atoms with van der Waals surface area (Å²) >= 11 is 6.02. The number of carboxylic acid groups (broad SMARTS) is 1. The van der Waals surface area contributed by atoms with E-state index < -0.39 is 5.97 Å². The highest BCUT2D eigenvalue weighted by Gasteiger charge is 2.08. The lowest BCUT2D eigenvalue weighted by Gasteiger charge is -2.14. The molecule has 0 aliphatic carbocycles. The molecule has 1 unspecified atom stereocenters. The topological polar surface area (TPSA) is 55.8 Å². The number of carboxylic acids is 1. The Morgan fingerprint density at radius 1 is 1.56 bits per heavy atom. The molecule has 0 radical (unpaired) electrons. The second kappa shape index (κ2) is 7.03. The van der Waals surface area contributed by atoms with E-state index in [4.69, 9.17) is 26.2 Å². The van der Waals surface area contributed by atoms with Gasteiger partial charge in [0, 0.05) is 18.7 Å². The Morgan fingerprint density at radius 3 is 2.89 bits per heavy atom. The van der Waals surface area contributed by atoms with Crippen LogP contribution in [0.15, 0.2) is 24.3 Å². The third-order valence-electron chi connectivity index (χ3n) is 2.27. The lowest BCUT2D eigenvalue weighted by molar-refractivity contribution is -0.131. The third kappa shape index (κ3) is 4.39. The predicted octanol–water partition coefficient (Wildman–Crippen LogP) is 2.85. The van der Waals surface area contributed by atoms with Crippen molar-refractivity contribution < 1.29 is 19.4 Å². The average molecular weight is 271 g/mol. The molecule has 0 heterocycles. The van der Waals surface area contributed by atoms with E-state index in [9.17, 15) is 4.79 Å². The van der Waals surface area contributed by atoms with Crippen LogP contribution in [0.5, 0.6) is 5.75 Å². The Labute approximate surface area is 111 Å². The normalized spacial score (nSPS) is 12.6. The molecule has 0 aliphatic heterocycles. The van der Waals surface area contributed by atoms with Gasteiger partial charge in [-0.25, -0.2) is 4.79 Å². The number of ether oxygens (including phenoxy) is 2. The Kier molecular flexibility index (Phi) is 5.68. The third-order valence-corrected chi connectivity index (χ3v) is 2.57. The highest BCUT2D eigenvalue weighted by Crippen LogP contribution is 2.29. The van der Waals surface area contributed by atoms with Crippen molar-refractivity contribution in [2.75, 3.05) is 13.7 Å². The highest BCUT2D eigenvalue weighted by molar-refractivity contribution is 6.32. The molecule has 0 fully saturated rings.